The molecule has 2 aliphatic heterocycles. The molecule has 1 fully saturated rings. The van der Waals surface area contributed by atoms with Gasteiger partial charge in [0, 0.05) is 36.7 Å². The van der Waals surface area contributed by atoms with Crippen molar-refractivity contribution in [2.75, 3.05) is 32.7 Å². The largest absolute Gasteiger partial charge is 0.496 e. The summed E-state index contributed by atoms with van der Waals surface area (Å²) >= 11 is 1.88. The summed E-state index contributed by atoms with van der Waals surface area (Å²) in [7, 11) is 3.45. The molecule has 0 saturated carbocycles. The maximum absolute atomic E-state index is 13.4. The zero-order chi connectivity index (χ0) is 22.1. The monoisotopic (exact) mass is 451 g/mol. The van der Waals surface area contributed by atoms with Crippen LogP contribution in [0, 0.1) is 0 Å². The van der Waals surface area contributed by atoms with E-state index in [1.165, 1.54) is 5.56 Å². The van der Waals surface area contributed by atoms with Crippen LogP contribution in [0.4, 0.5) is 0 Å². The molecule has 1 saturated heterocycles. The standard InChI is InChI=1S/C24H25N3O4S/c1-26-19(14-18(25-26)17-5-3-4-6-20(17)29-2)24(28)27-10-9-23(32-12-11-27)16-7-8-21-22(13-16)31-15-30-21/h3-8,13-14,23H,9-12,15H2,1-2H3. The van der Waals surface area contributed by atoms with Gasteiger partial charge in [-0.05, 0) is 42.3 Å². The van der Waals surface area contributed by atoms with Crippen LogP contribution in [0.3, 0.4) is 0 Å². The van der Waals surface area contributed by atoms with E-state index in [1.807, 2.05) is 60.1 Å². The van der Waals surface area contributed by atoms with Crippen LogP contribution in [0.5, 0.6) is 17.2 Å². The summed E-state index contributed by atoms with van der Waals surface area (Å²) in [6, 6.07) is 15.7. The van der Waals surface area contributed by atoms with Crippen LogP contribution >= 0.6 is 11.8 Å². The molecule has 32 heavy (non-hydrogen) atoms. The predicted molar refractivity (Wildman–Crippen MR) is 123 cm³/mol. The Hall–Kier alpha value is -3.13. The maximum Gasteiger partial charge on any atom is 0.272 e. The second kappa shape index (κ2) is 8.78. The van der Waals surface area contributed by atoms with Crippen LogP contribution in [0.25, 0.3) is 11.3 Å². The van der Waals surface area contributed by atoms with Gasteiger partial charge in [0.15, 0.2) is 11.5 Å². The summed E-state index contributed by atoms with van der Waals surface area (Å²) in [5.74, 6) is 3.22. The number of hydrogen-bond donors (Lipinski definition) is 0. The van der Waals surface area contributed by atoms with Gasteiger partial charge >= 0.3 is 0 Å². The van der Waals surface area contributed by atoms with Crippen LogP contribution in [-0.4, -0.2) is 53.3 Å². The molecule has 0 N–H and O–H groups in total. The smallest absolute Gasteiger partial charge is 0.272 e. The highest BCUT2D eigenvalue weighted by molar-refractivity contribution is 7.99. The lowest BCUT2D eigenvalue weighted by Crippen LogP contribution is -2.34. The van der Waals surface area contributed by atoms with Gasteiger partial charge in [0.1, 0.15) is 11.4 Å². The minimum Gasteiger partial charge on any atom is -0.496 e. The normalized spacial score (nSPS) is 17.8. The summed E-state index contributed by atoms with van der Waals surface area (Å²) in [6.07, 6.45) is 0.882. The zero-order valence-corrected chi connectivity index (χ0v) is 18.9. The number of methoxy groups -OCH3 is 1. The van der Waals surface area contributed by atoms with Crippen molar-refractivity contribution in [3.63, 3.8) is 0 Å². The number of carbonyl (C=O) groups is 1. The first-order chi connectivity index (χ1) is 15.6. The van der Waals surface area contributed by atoms with Crippen LogP contribution in [0.1, 0.15) is 27.7 Å². The minimum absolute atomic E-state index is 0.00749. The Labute approximate surface area is 191 Å². The predicted octanol–water partition coefficient (Wildman–Crippen LogP) is 4.14. The van der Waals surface area contributed by atoms with Crippen molar-refractivity contribution in [2.24, 2.45) is 7.05 Å². The van der Waals surface area contributed by atoms with Gasteiger partial charge < -0.3 is 19.1 Å². The number of hydrogen-bond acceptors (Lipinski definition) is 6. The summed E-state index contributed by atoms with van der Waals surface area (Å²) in [5, 5.41) is 4.90. The number of ether oxygens (including phenoxy) is 3. The van der Waals surface area contributed by atoms with E-state index < -0.39 is 0 Å². The lowest BCUT2D eigenvalue weighted by molar-refractivity contribution is 0.0755. The van der Waals surface area contributed by atoms with E-state index in [9.17, 15) is 4.79 Å². The van der Waals surface area contributed by atoms with Gasteiger partial charge in [0.25, 0.3) is 5.91 Å². The Morgan fingerprint density at radius 2 is 1.97 bits per heavy atom. The van der Waals surface area contributed by atoms with Gasteiger partial charge in [-0.3, -0.25) is 9.48 Å². The highest BCUT2D eigenvalue weighted by atomic mass is 32.2. The fourth-order valence-corrected chi connectivity index (χ4v) is 5.39. The average molecular weight is 452 g/mol. The molecular formula is C24H25N3O4S. The molecule has 3 heterocycles. The number of carbonyl (C=O) groups excluding carboxylic acids is 1. The van der Waals surface area contributed by atoms with Crippen LogP contribution in [0.15, 0.2) is 48.5 Å². The topological polar surface area (TPSA) is 65.8 Å². The van der Waals surface area contributed by atoms with Gasteiger partial charge in [-0.25, -0.2) is 0 Å². The molecule has 7 nitrogen and oxygen atoms in total. The summed E-state index contributed by atoms with van der Waals surface area (Å²) in [4.78, 5) is 15.3. The molecule has 166 valence electrons. The van der Waals surface area contributed by atoms with Gasteiger partial charge in [0.05, 0.1) is 12.8 Å². The first-order valence-electron chi connectivity index (χ1n) is 10.6. The Morgan fingerprint density at radius 1 is 1.12 bits per heavy atom. The molecule has 2 aliphatic rings. The first kappa shape index (κ1) is 20.8. The Kier molecular flexibility index (Phi) is 5.70. The van der Waals surface area contributed by atoms with Crippen molar-refractivity contribution >= 4 is 17.7 Å². The molecule has 1 aromatic heterocycles. The van der Waals surface area contributed by atoms with Gasteiger partial charge in [-0.15, -0.1) is 0 Å². The number of rotatable bonds is 4. The van der Waals surface area contributed by atoms with Gasteiger partial charge in [-0.2, -0.15) is 16.9 Å². The van der Waals surface area contributed by atoms with E-state index in [-0.39, 0.29) is 12.7 Å². The fraction of sp³-hybridized carbons (Fsp3) is 0.333. The van der Waals surface area contributed by atoms with Crippen LogP contribution < -0.4 is 14.2 Å². The molecule has 0 radical (unpaired) electrons. The molecule has 0 aliphatic carbocycles. The number of fused-ring (bicyclic) bond motifs is 1. The molecule has 1 amide bonds. The maximum atomic E-state index is 13.4. The number of aromatic nitrogens is 2. The van der Waals surface area contributed by atoms with E-state index in [0.29, 0.717) is 24.0 Å². The van der Waals surface area contributed by atoms with E-state index >= 15 is 0 Å². The van der Waals surface area contributed by atoms with E-state index in [0.717, 1.165) is 40.7 Å². The molecule has 0 bridgehead atoms. The van der Waals surface area contributed by atoms with Crippen molar-refractivity contribution in [1.29, 1.82) is 0 Å². The van der Waals surface area contributed by atoms with Gasteiger partial charge in [-0.1, -0.05) is 18.2 Å². The van der Waals surface area contributed by atoms with Crippen LogP contribution in [-0.2, 0) is 7.05 Å². The molecule has 5 rings (SSSR count). The van der Waals surface area contributed by atoms with Crippen molar-refractivity contribution in [3.05, 3.63) is 59.8 Å². The van der Waals surface area contributed by atoms with Crippen molar-refractivity contribution < 1.29 is 19.0 Å². The summed E-state index contributed by atoms with van der Waals surface area (Å²) in [6.45, 7) is 1.68. The Morgan fingerprint density at radius 3 is 2.84 bits per heavy atom. The number of benzene rings is 2. The molecule has 2 aromatic carbocycles. The lowest BCUT2D eigenvalue weighted by atomic mass is 10.1. The number of thioether (sulfide) groups is 1. The second-order valence-corrected chi connectivity index (χ2v) is 9.10. The number of amides is 1. The SMILES string of the molecule is COc1ccccc1-c1cc(C(=O)N2CCSC(c3ccc4c(c3)OCO4)CC2)n(C)n1. The third kappa shape index (κ3) is 3.90. The van der Waals surface area contributed by atoms with Crippen molar-refractivity contribution in [3.8, 4) is 28.5 Å². The van der Waals surface area contributed by atoms with E-state index in [4.69, 9.17) is 14.2 Å². The molecular weight excluding hydrogens is 426 g/mol. The number of nitrogens with zero attached hydrogens (tertiary/aromatic N) is 3. The average Bonchev–Trinajstić information content (AvgIpc) is 3.37. The molecule has 0 spiro atoms. The lowest BCUT2D eigenvalue weighted by Gasteiger charge is -2.20. The Balaban J connectivity index is 1.32. The first-order valence-corrected chi connectivity index (χ1v) is 11.7. The zero-order valence-electron chi connectivity index (χ0n) is 18.1. The number of aryl methyl sites for hydroxylation is 1. The third-order valence-corrected chi connectivity index (χ3v) is 7.21. The van der Waals surface area contributed by atoms with E-state index in [2.05, 4.69) is 17.2 Å². The quantitative estimate of drug-likeness (QED) is 0.594. The molecule has 8 heteroatoms. The molecule has 1 atom stereocenters. The molecule has 1 unspecified atom stereocenters. The fourth-order valence-electron chi connectivity index (χ4n) is 4.17. The third-order valence-electron chi connectivity index (χ3n) is 5.88. The minimum atomic E-state index is 0.00749. The summed E-state index contributed by atoms with van der Waals surface area (Å²) in [5.41, 5.74) is 3.40. The summed E-state index contributed by atoms with van der Waals surface area (Å²) < 4.78 is 18.1. The van der Waals surface area contributed by atoms with Gasteiger partial charge in [0.2, 0.25) is 6.79 Å². The second-order valence-electron chi connectivity index (χ2n) is 7.79. The Bertz CT molecular complexity index is 1150. The van der Waals surface area contributed by atoms with Crippen molar-refractivity contribution in [2.45, 2.75) is 11.7 Å². The van der Waals surface area contributed by atoms with Crippen LogP contribution in [0.2, 0.25) is 0 Å². The highest BCUT2D eigenvalue weighted by Crippen LogP contribution is 2.40. The molecule has 3 aromatic rings. The number of para-hydroxylation sites is 1. The van der Waals surface area contributed by atoms with E-state index in [1.54, 1.807) is 11.8 Å². The highest BCUT2D eigenvalue weighted by Gasteiger charge is 2.26. The van der Waals surface area contributed by atoms with Crippen molar-refractivity contribution in [1.82, 2.24) is 14.7 Å².